The van der Waals surface area contributed by atoms with Gasteiger partial charge >= 0.3 is 0 Å². The summed E-state index contributed by atoms with van der Waals surface area (Å²) in [5, 5.41) is 7.58. The SMILES string of the molecule is C[C@H](NC(=O)C1CCN(C2CCOCC2)CC1)c1ccccc1-n1cccn1. The Kier molecular flexibility index (Phi) is 6.07. The van der Waals surface area contributed by atoms with Gasteiger partial charge in [0, 0.05) is 37.6 Å². The first kappa shape index (κ1) is 19.2. The lowest BCUT2D eigenvalue weighted by atomic mass is 9.93. The summed E-state index contributed by atoms with van der Waals surface area (Å²) in [6.45, 7) is 5.83. The third kappa shape index (κ3) is 4.28. The molecule has 0 saturated carbocycles. The molecule has 2 fully saturated rings. The summed E-state index contributed by atoms with van der Waals surface area (Å²) in [6, 6.07) is 10.6. The number of carbonyl (C=O) groups is 1. The van der Waals surface area contributed by atoms with E-state index in [4.69, 9.17) is 4.74 Å². The van der Waals surface area contributed by atoms with Crippen molar-refractivity contribution in [2.45, 2.75) is 44.7 Å². The van der Waals surface area contributed by atoms with Crippen molar-refractivity contribution in [3.05, 3.63) is 48.3 Å². The van der Waals surface area contributed by atoms with E-state index >= 15 is 0 Å². The van der Waals surface area contributed by atoms with E-state index in [0.717, 1.165) is 63.2 Å². The molecule has 6 nitrogen and oxygen atoms in total. The number of para-hydroxylation sites is 1. The zero-order valence-electron chi connectivity index (χ0n) is 16.6. The van der Waals surface area contributed by atoms with Crippen molar-refractivity contribution < 1.29 is 9.53 Å². The number of benzene rings is 1. The lowest BCUT2D eigenvalue weighted by molar-refractivity contribution is -0.127. The topological polar surface area (TPSA) is 59.4 Å². The summed E-state index contributed by atoms with van der Waals surface area (Å²) in [5.41, 5.74) is 2.09. The second kappa shape index (κ2) is 8.88. The molecular formula is C22H30N4O2. The van der Waals surface area contributed by atoms with E-state index in [2.05, 4.69) is 28.3 Å². The highest BCUT2D eigenvalue weighted by molar-refractivity contribution is 5.79. The molecule has 0 spiro atoms. The first-order valence-electron chi connectivity index (χ1n) is 10.4. The average Bonchev–Trinajstić information content (AvgIpc) is 3.29. The molecule has 150 valence electrons. The van der Waals surface area contributed by atoms with Crippen LogP contribution in [0.1, 0.15) is 44.2 Å². The predicted molar refractivity (Wildman–Crippen MR) is 108 cm³/mol. The quantitative estimate of drug-likeness (QED) is 0.864. The fourth-order valence-corrected chi connectivity index (χ4v) is 4.46. The number of rotatable bonds is 5. The molecule has 0 radical (unpaired) electrons. The number of piperidine rings is 1. The van der Waals surface area contributed by atoms with E-state index in [1.807, 2.05) is 35.1 Å². The minimum Gasteiger partial charge on any atom is -0.381 e. The number of amides is 1. The first-order valence-corrected chi connectivity index (χ1v) is 10.4. The van der Waals surface area contributed by atoms with Gasteiger partial charge in [-0.15, -0.1) is 0 Å². The zero-order valence-corrected chi connectivity index (χ0v) is 16.6. The van der Waals surface area contributed by atoms with Gasteiger partial charge in [-0.25, -0.2) is 4.68 Å². The molecule has 2 aliphatic heterocycles. The summed E-state index contributed by atoms with van der Waals surface area (Å²) in [7, 11) is 0. The standard InChI is InChI=1S/C22H30N4O2/c1-17(20-5-2-3-6-21(20)26-12-4-11-23-26)24-22(27)18-7-13-25(14-8-18)19-9-15-28-16-10-19/h2-6,11-12,17-19H,7-10,13-16H2,1H3,(H,24,27)/t17-/m0/s1. The highest BCUT2D eigenvalue weighted by Gasteiger charge is 2.30. The van der Waals surface area contributed by atoms with E-state index in [0.29, 0.717) is 6.04 Å². The molecule has 28 heavy (non-hydrogen) atoms. The Morgan fingerprint density at radius 2 is 1.89 bits per heavy atom. The van der Waals surface area contributed by atoms with Crippen molar-refractivity contribution in [2.24, 2.45) is 5.92 Å². The molecule has 6 heteroatoms. The molecule has 3 heterocycles. The Labute approximate surface area is 166 Å². The normalized spacial score (nSPS) is 20.8. The third-order valence-electron chi connectivity index (χ3n) is 6.12. The van der Waals surface area contributed by atoms with E-state index in [1.54, 1.807) is 6.20 Å². The van der Waals surface area contributed by atoms with Crippen LogP contribution >= 0.6 is 0 Å². The van der Waals surface area contributed by atoms with E-state index in [-0.39, 0.29) is 17.9 Å². The van der Waals surface area contributed by atoms with Crippen molar-refractivity contribution in [3.8, 4) is 5.69 Å². The van der Waals surface area contributed by atoms with Gasteiger partial charge in [-0.05, 0) is 63.4 Å². The van der Waals surface area contributed by atoms with Gasteiger partial charge in [0.2, 0.25) is 5.91 Å². The Morgan fingerprint density at radius 1 is 1.14 bits per heavy atom. The molecule has 1 amide bonds. The van der Waals surface area contributed by atoms with Crippen molar-refractivity contribution in [2.75, 3.05) is 26.3 Å². The van der Waals surface area contributed by atoms with Gasteiger partial charge < -0.3 is 15.0 Å². The van der Waals surface area contributed by atoms with Gasteiger partial charge in [-0.3, -0.25) is 4.79 Å². The molecular weight excluding hydrogens is 352 g/mol. The molecule has 2 saturated heterocycles. The monoisotopic (exact) mass is 382 g/mol. The number of aromatic nitrogens is 2. The number of hydrogen-bond donors (Lipinski definition) is 1. The Morgan fingerprint density at radius 3 is 2.61 bits per heavy atom. The van der Waals surface area contributed by atoms with Gasteiger partial charge in [0.05, 0.1) is 11.7 Å². The van der Waals surface area contributed by atoms with Gasteiger partial charge in [0.1, 0.15) is 0 Å². The second-order valence-corrected chi connectivity index (χ2v) is 7.89. The van der Waals surface area contributed by atoms with Crippen molar-refractivity contribution in [1.82, 2.24) is 20.0 Å². The van der Waals surface area contributed by atoms with Gasteiger partial charge in [0.25, 0.3) is 0 Å². The minimum atomic E-state index is -0.0542. The zero-order chi connectivity index (χ0) is 19.3. The average molecular weight is 383 g/mol. The van der Waals surface area contributed by atoms with E-state index in [1.165, 1.54) is 0 Å². The Hall–Kier alpha value is -2.18. The van der Waals surface area contributed by atoms with Gasteiger partial charge in [0.15, 0.2) is 0 Å². The van der Waals surface area contributed by atoms with Crippen molar-refractivity contribution in [3.63, 3.8) is 0 Å². The molecule has 1 N–H and O–H groups in total. The van der Waals surface area contributed by atoms with Crippen LogP contribution in [0, 0.1) is 5.92 Å². The molecule has 4 rings (SSSR count). The maximum Gasteiger partial charge on any atom is 0.223 e. The molecule has 1 aromatic carbocycles. The molecule has 1 atom stereocenters. The number of hydrogen-bond acceptors (Lipinski definition) is 4. The highest BCUT2D eigenvalue weighted by atomic mass is 16.5. The Bertz CT molecular complexity index is 763. The Balaban J connectivity index is 1.34. The number of ether oxygens (including phenoxy) is 1. The van der Waals surface area contributed by atoms with Crippen molar-refractivity contribution in [1.29, 1.82) is 0 Å². The minimum absolute atomic E-state index is 0.0542. The number of nitrogens with one attached hydrogen (secondary N) is 1. The van der Waals surface area contributed by atoms with Crippen LogP contribution in [0.5, 0.6) is 0 Å². The van der Waals surface area contributed by atoms with Crippen LogP contribution in [0.3, 0.4) is 0 Å². The number of carbonyl (C=O) groups excluding carboxylic acids is 1. The summed E-state index contributed by atoms with van der Waals surface area (Å²) >= 11 is 0. The van der Waals surface area contributed by atoms with E-state index < -0.39 is 0 Å². The van der Waals surface area contributed by atoms with Crippen LogP contribution in [0.2, 0.25) is 0 Å². The van der Waals surface area contributed by atoms with Gasteiger partial charge in [-0.2, -0.15) is 5.10 Å². The lowest BCUT2D eigenvalue weighted by Gasteiger charge is -2.39. The summed E-state index contributed by atoms with van der Waals surface area (Å²) in [5.74, 6) is 0.282. The summed E-state index contributed by atoms with van der Waals surface area (Å²) in [4.78, 5) is 15.4. The number of nitrogens with zero attached hydrogens (tertiary/aromatic N) is 3. The van der Waals surface area contributed by atoms with Crippen LogP contribution in [-0.2, 0) is 9.53 Å². The van der Waals surface area contributed by atoms with Crippen LogP contribution in [0.25, 0.3) is 5.69 Å². The predicted octanol–water partition coefficient (Wildman–Crippen LogP) is 2.94. The van der Waals surface area contributed by atoms with E-state index in [9.17, 15) is 4.79 Å². The van der Waals surface area contributed by atoms with Crippen LogP contribution in [0.4, 0.5) is 0 Å². The van der Waals surface area contributed by atoms with Crippen molar-refractivity contribution >= 4 is 5.91 Å². The largest absolute Gasteiger partial charge is 0.381 e. The smallest absolute Gasteiger partial charge is 0.223 e. The maximum absolute atomic E-state index is 12.9. The summed E-state index contributed by atoms with van der Waals surface area (Å²) in [6.07, 6.45) is 7.83. The fourth-order valence-electron chi connectivity index (χ4n) is 4.46. The molecule has 2 aliphatic rings. The number of likely N-dealkylation sites (tertiary alicyclic amines) is 1. The molecule has 0 aliphatic carbocycles. The third-order valence-corrected chi connectivity index (χ3v) is 6.12. The van der Waals surface area contributed by atoms with Crippen LogP contribution in [0.15, 0.2) is 42.7 Å². The molecule has 2 aromatic rings. The van der Waals surface area contributed by atoms with Crippen LogP contribution < -0.4 is 5.32 Å². The molecule has 1 aromatic heterocycles. The first-order chi connectivity index (χ1) is 13.7. The maximum atomic E-state index is 12.9. The molecule has 0 bridgehead atoms. The van der Waals surface area contributed by atoms with Crippen LogP contribution in [-0.4, -0.2) is 52.9 Å². The lowest BCUT2D eigenvalue weighted by Crippen LogP contribution is -2.46. The summed E-state index contributed by atoms with van der Waals surface area (Å²) < 4.78 is 7.33. The molecule has 0 unspecified atom stereocenters. The van der Waals surface area contributed by atoms with Gasteiger partial charge in [-0.1, -0.05) is 18.2 Å². The fraction of sp³-hybridized carbons (Fsp3) is 0.545. The second-order valence-electron chi connectivity index (χ2n) is 7.89. The highest BCUT2D eigenvalue weighted by Crippen LogP contribution is 2.25.